The molecular weight excluding hydrogens is 334 g/mol. The number of amides is 1. The molecule has 0 atom stereocenters. The van der Waals surface area contributed by atoms with Crippen LogP contribution in [0.1, 0.15) is 11.1 Å². The Morgan fingerprint density at radius 2 is 1.74 bits per heavy atom. The molecular formula is C16H10ClF4NO. The number of nitrogens with one attached hydrogen (secondary N) is 1. The molecule has 2 aromatic rings. The van der Waals surface area contributed by atoms with E-state index in [1.807, 2.05) is 0 Å². The second kappa shape index (κ2) is 6.83. The molecule has 0 aliphatic heterocycles. The van der Waals surface area contributed by atoms with Gasteiger partial charge in [-0.2, -0.15) is 13.2 Å². The van der Waals surface area contributed by atoms with Crippen molar-refractivity contribution in [3.05, 3.63) is 70.5 Å². The fourth-order valence-electron chi connectivity index (χ4n) is 1.73. The van der Waals surface area contributed by atoms with Crippen molar-refractivity contribution in [2.45, 2.75) is 6.18 Å². The third-order valence-corrected chi connectivity index (χ3v) is 3.19. The Labute approximate surface area is 134 Å². The van der Waals surface area contributed by atoms with Crippen molar-refractivity contribution < 1.29 is 22.4 Å². The summed E-state index contributed by atoms with van der Waals surface area (Å²) in [5.74, 6) is -1.03. The van der Waals surface area contributed by atoms with E-state index in [-0.39, 0.29) is 10.6 Å². The lowest BCUT2D eigenvalue weighted by Gasteiger charge is -2.08. The summed E-state index contributed by atoms with van der Waals surface area (Å²) in [4.78, 5) is 11.7. The van der Waals surface area contributed by atoms with Crippen LogP contribution < -0.4 is 5.32 Å². The van der Waals surface area contributed by atoms with Crippen LogP contribution in [0.2, 0.25) is 5.02 Å². The molecule has 0 radical (unpaired) electrons. The molecule has 0 bridgehead atoms. The van der Waals surface area contributed by atoms with Gasteiger partial charge in [0.25, 0.3) is 0 Å². The summed E-state index contributed by atoms with van der Waals surface area (Å²) in [5, 5.41) is 2.53. The largest absolute Gasteiger partial charge is 0.416 e. The fraction of sp³-hybridized carbons (Fsp3) is 0.0625. The maximum absolute atomic E-state index is 12.7. The van der Waals surface area contributed by atoms with E-state index in [1.54, 1.807) is 0 Å². The second-order valence-corrected chi connectivity index (χ2v) is 4.97. The highest BCUT2D eigenvalue weighted by Gasteiger charge is 2.30. The summed E-state index contributed by atoms with van der Waals surface area (Å²) >= 11 is 5.82. The highest BCUT2D eigenvalue weighted by Crippen LogP contribution is 2.32. The Morgan fingerprint density at radius 1 is 1.09 bits per heavy atom. The molecule has 0 spiro atoms. The predicted octanol–water partition coefficient (Wildman–Crippen LogP) is 5.15. The van der Waals surface area contributed by atoms with E-state index in [1.165, 1.54) is 30.3 Å². The van der Waals surface area contributed by atoms with Crippen LogP contribution in [0.15, 0.2) is 48.5 Å². The zero-order chi connectivity index (χ0) is 17.0. The lowest BCUT2D eigenvalue weighted by Crippen LogP contribution is -2.08. The van der Waals surface area contributed by atoms with Crippen molar-refractivity contribution in [1.29, 1.82) is 0 Å². The van der Waals surface area contributed by atoms with Crippen molar-refractivity contribution in [2.24, 2.45) is 0 Å². The van der Waals surface area contributed by atoms with Gasteiger partial charge in [-0.1, -0.05) is 11.6 Å². The molecule has 0 aromatic heterocycles. The molecule has 0 unspecified atom stereocenters. The molecule has 23 heavy (non-hydrogen) atoms. The Bertz CT molecular complexity index is 739. The van der Waals surface area contributed by atoms with E-state index in [2.05, 4.69) is 5.32 Å². The molecule has 0 aliphatic carbocycles. The molecule has 0 saturated carbocycles. The zero-order valence-electron chi connectivity index (χ0n) is 11.5. The topological polar surface area (TPSA) is 29.1 Å². The van der Waals surface area contributed by atoms with Gasteiger partial charge < -0.3 is 5.32 Å². The number of alkyl halides is 3. The molecule has 0 fully saturated rings. The number of halogens is 5. The molecule has 120 valence electrons. The maximum Gasteiger partial charge on any atom is 0.416 e. The minimum Gasteiger partial charge on any atom is -0.323 e. The van der Waals surface area contributed by atoms with Gasteiger partial charge in [-0.25, -0.2) is 4.39 Å². The molecule has 7 heteroatoms. The fourth-order valence-corrected chi connectivity index (χ4v) is 1.91. The number of carbonyl (C=O) groups excluding carboxylic acids is 1. The first-order valence-electron chi connectivity index (χ1n) is 6.37. The van der Waals surface area contributed by atoms with Crippen LogP contribution in [0.4, 0.5) is 23.2 Å². The van der Waals surface area contributed by atoms with Crippen LogP contribution >= 0.6 is 11.6 Å². The predicted molar refractivity (Wildman–Crippen MR) is 80.5 cm³/mol. The summed E-state index contributed by atoms with van der Waals surface area (Å²) in [6.07, 6.45) is -2.27. The molecule has 2 rings (SSSR count). The third kappa shape index (κ3) is 4.82. The van der Waals surface area contributed by atoms with E-state index in [0.29, 0.717) is 5.69 Å². The minimum atomic E-state index is -4.50. The number of hydrogen-bond acceptors (Lipinski definition) is 1. The van der Waals surface area contributed by atoms with E-state index in [0.717, 1.165) is 24.3 Å². The van der Waals surface area contributed by atoms with Crippen molar-refractivity contribution in [1.82, 2.24) is 0 Å². The van der Waals surface area contributed by atoms with E-state index in [4.69, 9.17) is 11.6 Å². The number of rotatable bonds is 3. The molecule has 1 N–H and O–H groups in total. The van der Waals surface area contributed by atoms with Crippen LogP contribution in [-0.4, -0.2) is 5.91 Å². The number of carbonyl (C=O) groups is 1. The van der Waals surface area contributed by atoms with Gasteiger partial charge in [-0.05, 0) is 54.1 Å². The molecule has 0 aliphatic rings. The smallest absolute Gasteiger partial charge is 0.323 e. The average Bonchev–Trinajstić information content (AvgIpc) is 2.47. The summed E-state index contributed by atoms with van der Waals surface area (Å²) in [6.45, 7) is 0. The van der Waals surface area contributed by atoms with Crippen LogP contribution in [0.5, 0.6) is 0 Å². The Morgan fingerprint density at radius 3 is 2.35 bits per heavy atom. The van der Waals surface area contributed by atoms with Gasteiger partial charge >= 0.3 is 6.18 Å². The Kier molecular flexibility index (Phi) is 5.05. The highest BCUT2D eigenvalue weighted by molar-refractivity contribution is 6.32. The van der Waals surface area contributed by atoms with Gasteiger partial charge in [0.2, 0.25) is 5.91 Å². The SMILES string of the molecule is O=C(/C=C/c1cc(C(F)(F)F)ccc1Cl)Nc1ccc(F)cc1. The first-order valence-corrected chi connectivity index (χ1v) is 6.75. The summed E-state index contributed by atoms with van der Waals surface area (Å²) in [6, 6.07) is 7.88. The van der Waals surface area contributed by atoms with Crippen molar-refractivity contribution in [3.63, 3.8) is 0 Å². The Hall–Kier alpha value is -2.34. The monoisotopic (exact) mass is 343 g/mol. The highest BCUT2D eigenvalue weighted by atomic mass is 35.5. The molecule has 0 saturated heterocycles. The van der Waals surface area contributed by atoms with Gasteiger partial charge in [-0.3, -0.25) is 4.79 Å². The lowest BCUT2D eigenvalue weighted by atomic mass is 10.1. The molecule has 2 nitrogen and oxygen atoms in total. The van der Waals surface area contributed by atoms with E-state index >= 15 is 0 Å². The van der Waals surface area contributed by atoms with Gasteiger partial charge in [0.1, 0.15) is 5.82 Å². The Balaban J connectivity index is 2.13. The number of hydrogen-bond donors (Lipinski definition) is 1. The standard InChI is InChI=1S/C16H10ClF4NO/c17-14-7-2-11(16(19,20)21)9-10(14)1-8-15(23)22-13-5-3-12(18)4-6-13/h1-9H,(H,22,23)/b8-1+. The van der Waals surface area contributed by atoms with Crippen LogP contribution in [0.3, 0.4) is 0 Å². The number of benzene rings is 2. The quantitative estimate of drug-likeness (QED) is 0.606. The maximum atomic E-state index is 12.7. The van der Waals surface area contributed by atoms with Crippen LogP contribution in [-0.2, 0) is 11.0 Å². The minimum absolute atomic E-state index is 0.0655. The van der Waals surface area contributed by atoms with Gasteiger partial charge in [0.05, 0.1) is 5.56 Å². The van der Waals surface area contributed by atoms with Crippen molar-refractivity contribution >= 4 is 29.3 Å². The summed E-state index contributed by atoms with van der Waals surface area (Å²) < 4.78 is 50.7. The first kappa shape index (κ1) is 17.0. The van der Waals surface area contributed by atoms with Crippen molar-refractivity contribution in [3.8, 4) is 0 Å². The van der Waals surface area contributed by atoms with Gasteiger partial charge in [0, 0.05) is 16.8 Å². The normalized spacial score (nSPS) is 11.7. The zero-order valence-corrected chi connectivity index (χ0v) is 12.3. The second-order valence-electron chi connectivity index (χ2n) is 4.56. The number of anilines is 1. The van der Waals surface area contributed by atoms with Crippen LogP contribution in [0.25, 0.3) is 6.08 Å². The van der Waals surface area contributed by atoms with Crippen LogP contribution in [0, 0.1) is 5.82 Å². The van der Waals surface area contributed by atoms with E-state index < -0.39 is 23.5 Å². The average molecular weight is 344 g/mol. The first-order chi connectivity index (χ1) is 10.8. The van der Waals surface area contributed by atoms with Gasteiger partial charge in [0.15, 0.2) is 0 Å². The third-order valence-electron chi connectivity index (χ3n) is 2.85. The summed E-state index contributed by atoms with van der Waals surface area (Å²) in [5.41, 5.74) is -0.438. The molecule has 0 heterocycles. The summed E-state index contributed by atoms with van der Waals surface area (Å²) in [7, 11) is 0. The molecule has 2 aromatic carbocycles. The van der Waals surface area contributed by atoms with Crippen molar-refractivity contribution in [2.75, 3.05) is 5.32 Å². The lowest BCUT2D eigenvalue weighted by molar-refractivity contribution is -0.137. The van der Waals surface area contributed by atoms with E-state index in [9.17, 15) is 22.4 Å². The van der Waals surface area contributed by atoms with Gasteiger partial charge in [-0.15, -0.1) is 0 Å². The molecule has 1 amide bonds.